The van der Waals surface area contributed by atoms with Crippen molar-refractivity contribution >= 4 is 12.2 Å². The van der Waals surface area contributed by atoms with Gasteiger partial charge >= 0.3 is 0 Å². The van der Waals surface area contributed by atoms with E-state index in [1.54, 1.807) is 11.2 Å². The summed E-state index contributed by atoms with van der Waals surface area (Å²) in [6.45, 7) is 13.0. The number of amides is 1. The molecular formula is C12H22N2O. The highest BCUT2D eigenvalue weighted by molar-refractivity contribution is 5.92. The van der Waals surface area contributed by atoms with E-state index in [4.69, 9.17) is 0 Å². The summed E-state index contributed by atoms with van der Waals surface area (Å²) < 4.78 is 0. The summed E-state index contributed by atoms with van der Waals surface area (Å²) in [4.78, 5) is 18.3. The molecule has 1 aliphatic rings. The first-order chi connectivity index (χ1) is 6.64. The predicted octanol–water partition coefficient (Wildman–Crippen LogP) is 2.32. The first-order valence-electron chi connectivity index (χ1n) is 5.47. The number of hydrogen-bond acceptors (Lipinski definition) is 2. The Kier molecular flexibility index (Phi) is 2.94. The maximum absolute atomic E-state index is 12.3. The number of hydrogen-bond donors (Lipinski definition) is 0. The molecular weight excluding hydrogens is 188 g/mol. The van der Waals surface area contributed by atoms with Crippen molar-refractivity contribution in [3.05, 3.63) is 0 Å². The van der Waals surface area contributed by atoms with Crippen LogP contribution in [0.4, 0.5) is 0 Å². The van der Waals surface area contributed by atoms with Crippen molar-refractivity contribution in [1.29, 1.82) is 0 Å². The smallest absolute Gasteiger partial charge is 0.233 e. The van der Waals surface area contributed by atoms with Crippen molar-refractivity contribution < 1.29 is 4.79 Å². The number of nitrogens with zero attached hydrogens (tertiary/aromatic N) is 2. The van der Waals surface area contributed by atoms with E-state index >= 15 is 0 Å². The van der Waals surface area contributed by atoms with Crippen molar-refractivity contribution in [3.63, 3.8) is 0 Å². The van der Waals surface area contributed by atoms with Gasteiger partial charge in [0.1, 0.15) is 0 Å². The molecule has 15 heavy (non-hydrogen) atoms. The van der Waals surface area contributed by atoms with Gasteiger partial charge in [-0.3, -0.25) is 14.7 Å². The summed E-state index contributed by atoms with van der Waals surface area (Å²) in [5, 5.41) is 0. The van der Waals surface area contributed by atoms with Gasteiger partial charge in [-0.25, -0.2) is 0 Å². The Morgan fingerprint density at radius 1 is 1.27 bits per heavy atom. The Hall–Kier alpha value is -0.860. The van der Waals surface area contributed by atoms with Crippen LogP contribution in [0, 0.1) is 11.3 Å². The van der Waals surface area contributed by atoms with Gasteiger partial charge in [0.05, 0.1) is 18.8 Å². The normalized spacial score (nSPS) is 23.5. The number of aliphatic imine (C=N–C) groups is 1. The molecule has 3 heteroatoms. The average Bonchev–Trinajstić information content (AvgIpc) is 1.99. The monoisotopic (exact) mass is 210 g/mol. The quantitative estimate of drug-likeness (QED) is 0.604. The lowest BCUT2D eigenvalue weighted by Crippen LogP contribution is -2.52. The number of carbonyl (C=O) groups is 1. The molecule has 1 amide bonds. The van der Waals surface area contributed by atoms with E-state index in [1.807, 2.05) is 20.8 Å². The Morgan fingerprint density at radius 3 is 2.20 bits per heavy atom. The van der Waals surface area contributed by atoms with E-state index in [2.05, 4.69) is 25.8 Å². The third kappa shape index (κ3) is 2.58. The molecule has 0 spiro atoms. The largest absolute Gasteiger partial charge is 0.298 e. The van der Waals surface area contributed by atoms with Gasteiger partial charge in [-0.05, 0) is 26.2 Å². The minimum absolute atomic E-state index is 0.00160. The van der Waals surface area contributed by atoms with E-state index in [1.165, 1.54) is 0 Å². The summed E-state index contributed by atoms with van der Waals surface area (Å²) in [6.07, 6.45) is 1.69. The molecule has 0 N–H and O–H groups in total. The summed E-state index contributed by atoms with van der Waals surface area (Å²) in [7, 11) is 0. The van der Waals surface area contributed by atoms with E-state index in [-0.39, 0.29) is 22.8 Å². The fourth-order valence-electron chi connectivity index (χ4n) is 1.69. The van der Waals surface area contributed by atoms with Crippen molar-refractivity contribution in [2.75, 3.05) is 6.54 Å². The van der Waals surface area contributed by atoms with Gasteiger partial charge < -0.3 is 0 Å². The summed E-state index contributed by atoms with van der Waals surface area (Å²) in [5.74, 6) is 0.201. The van der Waals surface area contributed by atoms with Crippen LogP contribution in [0.25, 0.3) is 0 Å². The van der Waals surface area contributed by atoms with E-state index < -0.39 is 0 Å². The molecule has 1 heterocycles. The second kappa shape index (κ2) is 3.62. The number of carbonyl (C=O) groups excluding carboxylic acids is 1. The van der Waals surface area contributed by atoms with Gasteiger partial charge in [-0.1, -0.05) is 20.8 Å². The van der Waals surface area contributed by atoms with Crippen LogP contribution in [0.1, 0.15) is 41.5 Å². The third-order valence-electron chi connectivity index (χ3n) is 2.79. The predicted molar refractivity (Wildman–Crippen MR) is 62.9 cm³/mol. The van der Waals surface area contributed by atoms with Crippen LogP contribution in [0.15, 0.2) is 4.99 Å². The highest BCUT2D eigenvalue weighted by Gasteiger charge is 2.39. The molecule has 0 bridgehead atoms. The molecule has 0 aromatic rings. The van der Waals surface area contributed by atoms with Crippen molar-refractivity contribution in [3.8, 4) is 0 Å². The molecule has 1 rings (SSSR count). The molecule has 3 nitrogen and oxygen atoms in total. The van der Waals surface area contributed by atoms with Crippen molar-refractivity contribution in [2.45, 2.75) is 47.1 Å². The molecule has 0 saturated heterocycles. The van der Waals surface area contributed by atoms with Crippen LogP contribution >= 0.6 is 0 Å². The van der Waals surface area contributed by atoms with E-state index in [0.29, 0.717) is 6.54 Å². The van der Waals surface area contributed by atoms with Gasteiger partial charge in [0.25, 0.3) is 0 Å². The van der Waals surface area contributed by atoms with Gasteiger partial charge in [-0.15, -0.1) is 0 Å². The molecule has 0 aromatic carbocycles. The van der Waals surface area contributed by atoms with Gasteiger partial charge in [0, 0.05) is 5.54 Å². The topological polar surface area (TPSA) is 32.7 Å². The standard InChI is InChI=1S/C12H22N2O/c1-11(2,3)9-7-13-8-14(10(9)15)12(4,5)6/h8-9H,7H2,1-6H3. The van der Waals surface area contributed by atoms with Gasteiger partial charge in [0.2, 0.25) is 5.91 Å². The summed E-state index contributed by atoms with van der Waals surface area (Å²) >= 11 is 0. The Balaban J connectivity index is 2.95. The highest BCUT2D eigenvalue weighted by Crippen LogP contribution is 2.31. The maximum Gasteiger partial charge on any atom is 0.233 e. The maximum atomic E-state index is 12.3. The Morgan fingerprint density at radius 2 is 1.80 bits per heavy atom. The summed E-state index contributed by atoms with van der Waals surface area (Å²) in [5.41, 5.74) is -0.192. The zero-order valence-corrected chi connectivity index (χ0v) is 10.7. The molecule has 0 saturated carbocycles. The molecule has 1 aliphatic heterocycles. The molecule has 0 aliphatic carbocycles. The third-order valence-corrected chi connectivity index (χ3v) is 2.79. The van der Waals surface area contributed by atoms with E-state index in [0.717, 1.165) is 0 Å². The molecule has 0 radical (unpaired) electrons. The Labute approximate surface area is 92.6 Å². The lowest BCUT2D eigenvalue weighted by molar-refractivity contribution is -0.138. The second-order valence-electron chi connectivity index (χ2n) is 6.28. The Bertz CT molecular complexity index is 281. The SMILES string of the molecule is CC(C)(C)C1CN=CN(C(C)(C)C)C1=O. The van der Waals surface area contributed by atoms with Crippen LogP contribution in [0.2, 0.25) is 0 Å². The van der Waals surface area contributed by atoms with Crippen molar-refractivity contribution in [1.82, 2.24) is 4.90 Å². The molecule has 0 fully saturated rings. The fraction of sp³-hybridized carbons (Fsp3) is 0.833. The molecule has 1 atom stereocenters. The van der Waals surface area contributed by atoms with Crippen LogP contribution in [0.3, 0.4) is 0 Å². The minimum atomic E-state index is -0.176. The van der Waals surface area contributed by atoms with Gasteiger partial charge in [-0.2, -0.15) is 0 Å². The molecule has 86 valence electrons. The van der Waals surface area contributed by atoms with Crippen LogP contribution in [0.5, 0.6) is 0 Å². The van der Waals surface area contributed by atoms with Crippen LogP contribution < -0.4 is 0 Å². The summed E-state index contributed by atoms with van der Waals surface area (Å²) in [6, 6.07) is 0. The van der Waals surface area contributed by atoms with E-state index in [9.17, 15) is 4.79 Å². The van der Waals surface area contributed by atoms with Crippen molar-refractivity contribution in [2.24, 2.45) is 16.3 Å². The zero-order valence-electron chi connectivity index (χ0n) is 10.7. The average molecular weight is 210 g/mol. The molecule has 0 aromatic heterocycles. The lowest BCUT2D eigenvalue weighted by Gasteiger charge is -2.40. The first kappa shape index (κ1) is 12.2. The lowest BCUT2D eigenvalue weighted by atomic mass is 9.79. The number of rotatable bonds is 0. The fourth-order valence-corrected chi connectivity index (χ4v) is 1.69. The minimum Gasteiger partial charge on any atom is -0.298 e. The second-order valence-corrected chi connectivity index (χ2v) is 6.28. The highest BCUT2D eigenvalue weighted by atomic mass is 16.2. The van der Waals surface area contributed by atoms with Crippen LogP contribution in [-0.4, -0.2) is 29.2 Å². The zero-order chi connectivity index (χ0) is 11.9. The van der Waals surface area contributed by atoms with Gasteiger partial charge in [0.15, 0.2) is 0 Å². The van der Waals surface area contributed by atoms with Crippen LogP contribution in [-0.2, 0) is 4.79 Å². The molecule has 1 unspecified atom stereocenters. The first-order valence-corrected chi connectivity index (χ1v) is 5.47.